The molecular formula is C19H29N3O3S. The summed E-state index contributed by atoms with van der Waals surface area (Å²) < 4.78 is 5.56. The summed E-state index contributed by atoms with van der Waals surface area (Å²) in [6.45, 7) is 4.68. The fourth-order valence-electron chi connectivity index (χ4n) is 2.28. The molecule has 7 heteroatoms. The summed E-state index contributed by atoms with van der Waals surface area (Å²) in [7, 11) is 0. The van der Waals surface area contributed by atoms with Crippen LogP contribution in [-0.4, -0.2) is 23.5 Å². The summed E-state index contributed by atoms with van der Waals surface area (Å²) in [4.78, 5) is 24.1. The highest BCUT2D eigenvalue weighted by Gasteiger charge is 2.12. The lowest BCUT2D eigenvalue weighted by Crippen LogP contribution is -2.48. The number of ether oxygens (including phenoxy) is 1. The van der Waals surface area contributed by atoms with E-state index in [2.05, 4.69) is 23.1 Å². The molecule has 0 heterocycles. The van der Waals surface area contributed by atoms with Crippen LogP contribution in [0.1, 0.15) is 69.2 Å². The first-order chi connectivity index (χ1) is 12.6. The maximum absolute atomic E-state index is 12.3. The van der Waals surface area contributed by atoms with E-state index in [0.29, 0.717) is 24.3 Å². The van der Waals surface area contributed by atoms with Crippen molar-refractivity contribution in [3.8, 4) is 5.75 Å². The minimum Gasteiger partial charge on any atom is -0.493 e. The van der Waals surface area contributed by atoms with E-state index in [1.54, 1.807) is 24.3 Å². The number of carbonyl (C=O) groups is 2. The molecule has 6 nitrogen and oxygen atoms in total. The smallest absolute Gasteiger partial charge is 0.273 e. The number of rotatable bonds is 10. The third kappa shape index (κ3) is 8.80. The van der Waals surface area contributed by atoms with Crippen LogP contribution >= 0.6 is 12.2 Å². The van der Waals surface area contributed by atoms with Crippen LogP contribution in [-0.2, 0) is 4.79 Å². The van der Waals surface area contributed by atoms with Gasteiger partial charge in [0.2, 0.25) is 5.91 Å². The van der Waals surface area contributed by atoms with Crippen LogP contribution in [0.3, 0.4) is 0 Å². The summed E-state index contributed by atoms with van der Waals surface area (Å²) in [5, 5.41) is 2.63. The number of hydrogen-bond acceptors (Lipinski definition) is 4. The molecule has 144 valence electrons. The van der Waals surface area contributed by atoms with Crippen LogP contribution < -0.4 is 20.9 Å². The van der Waals surface area contributed by atoms with Crippen LogP contribution in [0.5, 0.6) is 5.75 Å². The van der Waals surface area contributed by atoms with E-state index in [-0.39, 0.29) is 16.9 Å². The monoisotopic (exact) mass is 379 g/mol. The highest BCUT2D eigenvalue weighted by Crippen LogP contribution is 2.17. The highest BCUT2D eigenvalue weighted by molar-refractivity contribution is 7.80. The van der Waals surface area contributed by atoms with Crippen LogP contribution in [0.2, 0.25) is 0 Å². The number of thiocarbonyl (C=S) groups is 1. The fourth-order valence-corrected chi connectivity index (χ4v) is 2.45. The molecule has 0 aliphatic rings. The quantitative estimate of drug-likeness (QED) is 0.330. The zero-order chi connectivity index (χ0) is 19.2. The molecule has 26 heavy (non-hydrogen) atoms. The van der Waals surface area contributed by atoms with Gasteiger partial charge >= 0.3 is 0 Å². The first-order valence-corrected chi connectivity index (χ1v) is 9.61. The minimum absolute atomic E-state index is 0.0730. The highest BCUT2D eigenvalue weighted by atomic mass is 32.1. The van der Waals surface area contributed by atoms with Gasteiger partial charge in [0.15, 0.2) is 5.11 Å². The number of unbranched alkanes of at least 4 members (excludes halogenated alkanes) is 4. The molecule has 1 aromatic carbocycles. The molecule has 0 saturated heterocycles. The number of hydrogen-bond donors (Lipinski definition) is 3. The van der Waals surface area contributed by atoms with Gasteiger partial charge in [0, 0.05) is 6.42 Å². The number of benzene rings is 1. The van der Waals surface area contributed by atoms with Crippen molar-refractivity contribution < 1.29 is 14.3 Å². The molecule has 0 bridgehead atoms. The second-order valence-corrected chi connectivity index (χ2v) is 6.37. The van der Waals surface area contributed by atoms with E-state index in [0.717, 1.165) is 25.7 Å². The van der Waals surface area contributed by atoms with Gasteiger partial charge in [-0.05, 0) is 37.2 Å². The van der Waals surface area contributed by atoms with Gasteiger partial charge in [-0.3, -0.25) is 20.4 Å². The second kappa shape index (κ2) is 13.1. The van der Waals surface area contributed by atoms with E-state index in [1.807, 2.05) is 6.92 Å². The van der Waals surface area contributed by atoms with Crippen molar-refractivity contribution >= 4 is 29.1 Å². The molecule has 0 aliphatic heterocycles. The molecule has 3 N–H and O–H groups in total. The zero-order valence-electron chi connectivity index (χ0n) is 15.6. The first-order valence-electron chi connectivity index (χ1n) is 9.20. The van der Waals surface area contributed by atoms with Crippen molar-refractivity contribution in [1.29, 1.82) is 0 Å². The number of amides is 2. The molecule has 0 saturated carbocycles. The number of para-hydroxylation sites is 1. The van der Waals surface area contributed by atoms with Crippen molar-refractivity contribution in [3.63, 3.8) is 0 Å². The Balaban J connectivity index is 2.36. The maximum atomic E-state index is 12.3. The van der Waals surface area contributed by atoms with Crippen LogP contribution in [0.4, 0.5) is 0 Å². The Labute approximate surface area is 161 Å². The van der Waals surface area contributed by atoms with Crippen molar-refractivity contribution in [3.05, 3.63) is 29.8 Å². The Bertz CT molecular complexity index is 593. The van der Waals surface area contributed by atoms with Crippen LogP contribution in [0.25, 0.3) is 0 Å². The Morgan fingerprint density at radius 2 is 1.73 bits per heavy atom. The molecule has 0 radical (unpaired) electrons. The Kier molecular flexibility index (Phi) is 11.0. The summed E-state index contributed by atoms with van der Waals surface area (Å²) in [5.74, 6) is -0.0246. The van der Waals surface area contributed by atoms with Crippen molar-refractivity contribution in [2.75, 3.05) is 6.61 Å². The van der Waals surface area contributed by atoms with Gasteiger partial charge in [-0.15, -0.1) is 0 Å². The average Bonchev–Trinajstić information content (AvgIpc) is 2.64. The van der Waals surface area contributed by atoms with E-state index in [9.17, 15) is 9.59 Å². The molecule has 0 atom stereocenters. The van der Waals surface area contributed by atoms with Gasteiger partial charge in [-0.2, -0.15) is 0 Å². The summed E-state index contributed by atoms with van der Waals surface area (Å²) in [5.41, 5.74) is 5.43. The lowest BCUT2D eigenvalue weighted by Gasteiger charge is -2.13. The van der Waals surface area contributed by atoms with Gasteiger partial charge in [0.1, 0.15) is 5.75 Å². The maximum Gasteiger partial charge on any atom is 0.273 e. The molecule has 0 unspecified atom stereocenters. The molecular weight excluding hydrogens is 350 g/mol. The van der Waals surface area contributed by atoms with Gasteiger partial charge in [0.25, 0.3) is 5.91 Å². The summed E-state index contributed by atoms with van der Waals surface area (Å²) in [6.07, 6.45) is 6.65. The van der Waals surface area contributed by atoms with Crippen molar-refractivity contribution in [2.24, 2.45) is 0 Å². The Morgan fingerprint density at radius 3 is 2.46 bits per heavy atom. The summed E-state index contributed by atoms with van der Waals surface area (Å²) >= 11 is 5.03. The fraction of sp³-hybridized carbons (Fsp3) is 0.526. The Morgan fingerprint density at radius 1 is 1.00 bits per heavy atom. The van der Waals surface area contributed by atoms with E-state index in [1.165, 1.54) is 12.8 Å². The molecule has 0 spiro atoms. The molecule has 1 aromatic rings. The van der Waals surface area contributed by atoms with Crippen LogP contribution in [0.15, 0.2) is 24.3 Å². The van der Waals surface area contributed by atoms with Crippen LogP contribution in [0, 0.1) is 0 Å². The Hall–Kier alpha value is -2.15. The van der Waals surface area contributed by atoms with Gasteiger partial charge < -0.3 is 10.1 Å². The van der Waals surface area contributed by atoms with Crippen molar-refractivity contribution in [1.82, 2.24) is 16.2 Å². The normalized spacial score (nSPS) is 10.1. The van der Waals surface area contributed by atoms with E-state index >= 15 is 0 Å². The van der Waals surface area contributed by atoms with Gasteiger partial charge in [-0.1, -0.05) is 51.7 Å². The molecule has 0 aliphatic carbocycles. The number of carbonyl (C=O) groups excluding carboxylic acids is 2. The SMILES string of the molecule is CCCCCCCC(=O)NC(=S)NNC(=O)c1ccccc1OCCC. The third-order valence-electron chi connectivity index (χ3n) is 3.64. The predicted molar refractivity (Wildman–Crippen MR) is 107 cm³/mol. The summed E-state index contributed by atoms with van der Waals surface area (Å²) in [6, 6.07) is 6.97. The number of hydrazine groups is 1. The van der Waals surface area contributed by atoms with Gasteiger partial charge in [-0.25, -0.2) is 0 Å². The molecule has 0 fully saturated rings. The minimum atomic E-state index is -0.382. The topological polar surface area (TPSA) is 79.5 Å². The largest absolute Gasteiger partial charge is 0.493 e. The third-order valence-corrected chi connectivity index (χ3v) is 3.85. The lowest BCUT2D eigenvalue weighted by atomic mass is 10.1. The predicted octanol–water partition coefficient (Wildman–Crippen LogP) is 3.47. The van der Waals surface area contributed by atoms with E-state index < -0.39 is 0 Å². The molecule has 0 aromatic heterocycles. The number of nitrogens with one attached hydrogen (secondary N) is 3. The van der Waals surface area contributed by atoms with Crippen molar-refractivity contribution in [2.45, 2.75) is 58.8 Å². The first kappa shape index (κ1) is 21.9. The molecule has 1 rings (SSSR count). The lowest BCUT2D eigenvalue weighted by molar-refractivity contribution is -0.119. The van der Waals surface area contributed by atoms with Gasteiger partial charge in [0.05, 0.1) is 12.2 Å². The molecule has 2 amide bonds. The zero-order valence-corrected chi connectivity index (χ0v) is 16.4. The standard InChI is InChI=1S/C19H29N3O3S/c1-3-5-6-7-8-13-17(23)20-19(26)22-21-18(24)15-11-9-10-12-16(15)25-14-4-2/h9-12H,3-8,13-14H2,1-2H3,(H,21,24)(H2,20,22,23,26). The van der Waals surface area contributed by atoms with E-state index in [4.69, 9.17) is 17.0 Å². The second-order valence-electron chi connectivity index (χ2n) is 5.97. The average molecular weight is 380 g/mol.